The molecule has 3 N–H and O–H groups in total. The Labute approximate surface area is 166 Å². The van der Waals surface area contributed by atoms with Crippen LogP contribution < -0.4 is 16.0 Å². The molecule has 2 heterocycles. The standard InChI is InChI=1S/C18H21N5O4S/c1-9-5-4-6-13(10(9)2)20-14(24)8-28-18-23-22-15(27-18)7-12-11(3)19-17(26)21-16(12)25/h4-6,11-12H,7-8H2,1-3H3,(H,20,24)(H2,19,21,25,26). The van der Waals surface area contributed by atoms with Crippen molar-refractivity contribution in [2.75, 3.05) is 11.1 Å². The van der Waals surface area contributed by atoms with E-state index in [4.69, 9.17) is 4.42 Å². The number of hydrogen-bond donors (Lipinski definition) is 3. The van der Waals surface area contributed by atoms with Crippen molar-refractivity contribution in [3.05, 3.63) is 35.2 Å². The van der Waals surface area contributed by atoms with Crippen LogP contribution in [0, 0.1) is 19.8 Å². The molecule has 9 nitrogen and oxygen atoms in total. The molecular weight excluding hydrogens is 382 g/mol. The molecule has 3 rings (SSSR count). The molecule has 1 aromatic carbocycles. The van der Waals surface area contributed by atoms with Gasteiger partial charge in [0, 0.05) is 18.2 Å². The minimum absolute atomic E-state index is 0.116. The van der Waals surface area contributed by atoms with Gasteiger partial charge in [0.1, 0.15) is 0 Å². The molecule has 28 heavy (non-hydrogen) atoms. The van der Waals surface area contributed by atoms with Gasteiger partial charge in [-0.2, -0.15) is 0 Å². The molecule has 0 radical (unpaired) electrons. The maximum absolute atomic E-state index is 12.2. The SMILES string of the molecule is Cc1cccc(NC(=O)CSc2nnc(CC3C(=O)NC(=O)NC3C)o2)c1C. The number of carbonyl (C=O) groups is 3. The van der Waals surface area contributed by atoms with Crippen molar-refractivity contribution < 1.29 is 18.8 Å². The molecule has 2 aromatic rings. The largest absolute Gasteiger partial charge is 0.416 e. The highest BCUT2D eigenvalue weighted by atomic mass is 32.2. The Morgan fingerprint density at radius 3 is 2.82 bits per heavy atom. The maximum atomic E-state index is 12.2. The fourth-order valence-corrected chi connectivity index (χ4v) is 3.39. The zero-order valence-corrected chi connectivity index (χ0v) is 16.6. The highest BCUT2D eigenvalue weighted by Gasteiger charge is 2.34. The van der Waals surface area contributed by atoms with Gasteiger partial charge in [-0.25, -0.2) is 4.79 Å². The number of nitrogens with zero attached hydrogens (tertiary/aromatic N) is 2. The average molecular weight is 403 g/mol. The van der Waals surface area contributed by atoms with Crippen molar-refractivity contribution in [1.29, 1.82) is 0 Å². The monoisotopic (exact) mass is 403 g/mol. The van der Waals surface area contributed by atoms with Crippen LogP contribution in [0.3, 0.4) is 0 Å². The Morgan fingerprint density at radius 1 is 1.29 bits per heavy atom. The number of imide groups is 1. The van der Waals surface area contributed by atoms with Crippen molar-refractivity contribution in [1.82, 2.24) is 20.8 Å². The minimum atomic E-state index is -0.509. The van der Waals surface area contributed by atoms with Gasteiger partial charge < -0.3 is 15.1 Å². The number of thioether (sulfide) groups is 1. The predicted octanol–water partition coefficient (Wildman–Crippen LogP) is 1.80. The molecule has 1 aliphatic rings. The summed E-state index contributed by atoms with van der Waals surface area (Å²) >= 11 is 1.12. The molecule has 1 fully saturated rings. The number of nitrogens with one attached hydrogen (secondary N) is 3. The van der Waals surface area contributed by atoms with Gasteiger partial charge in [-0.15, -0.1) is 10.2 Å². The summed E-state index contributed by atoms with van der Waals surface area (Å²) in [5.41, 5.74) is 2.90. The van der Waals surface area contributed by atoms with E-state index in [1.165, 1.54) is 0 Å². The molecule has 0 saturated carbocycles. The van der Waals surface area contributed by atoms with Gasteiger partial charge in [0.25, 0.3) is 5.22 Å². The van der Waals surface area contributed by atoms with E-state index in [2.05, 4.69) is 26.1 Å². The van der Waals surface area contributed by atoms with Crippen LogP contribution in [0.4, 0.5) is 10.5 Å². The third-order valence-electron chi connectivity index (χ3n) is 4.58. The summed E-state index contributed by atoms with van der Waals surface area (Å²) in [6.07, 6.45) is 0.204. The first-order valence-corrected chi connectivity index (χ1v) is 9.74. The van der Waals surface area contributed by atoms with E-state index in [-0.39, 0.29) is 41.1 Å². The maximum Gasteiger partial charge on any atom is 0.321 e. The number of amides is 4. The lowest BCUT2D eigenvalue weighted by Crippen LogP contribution is -2.57. The van der Waals surface area contributed by atoms with Crippen LogP contribution in [0.25, 0.3) is 0 Å². The summed E-state index contributed by atoms with van der Waals surface area (Å²) in [6, 6.07) is 4.88. The Kier molecular flexibility index (Phi) is 5.98. The lowest BCUT2D eigenvalue weighted by molar-refractivity contribution is -0.125. The second kappa shape index (κ2) is 8.42. The van der Waals surface area contributed by atoms with E-state index in [0.717, 1.165) is 28.6 Å². The fraction of sp³-hybridized carbons (Fsp3) is 0.389. The van der Waals surface area contributed by atoms with Gasteiger partial charge in [-0.3, -0.25) is 14.9 Å². The lowest BCUT2D eigenvalue weighted by Gasteiger charge is -2.27. The number of hydrogen-bond acceptors (Lipinski definition) is 7. The first-order valence-electron chi connectivity index (χ1n) is 8.76. The Morgan fingerprint density at radius 2 is 2.07 bits per heavy atom. The van der Waals surface area contributed by atoms with E-state index in [1.807, 2.05) is 32.0 Å². The van der Waals surface area contributed by atoms with Crippen LogP contribution in [0.1, 0.15) is 23.9 Å². The predicted molar refractivity (Wildman–Crippen MR) is 103 cm³/mol. The van der Waals surface area contributed by atoms with Gasteiger partial charge in [0.05, 0.1) is 11.7 Å². The van der Waals surface area contributed by atoms with Crippen LogP contribution in [0.2, 0.25) is 0 Å². The molecular formula is C18H21N5O4S. The normalized spacial score (nSPS) is 19.1. The second-order valence-corrected chi connectivity index (χ2v) is 7.53. The summed E-state index contributed by atoms with van der Waals surface area (Å²) in [5, 5.41) is 15.8. The molecule has 1 aromatic heterocycles. The van der Waals surface area contributed by atoms with Gasteiger partial charge in [-0.1, -0.05) is 23.9 Å². The van der Waals surface area contributed by atoms with E-state index in [9.17, 15) is 14.4 Å². The third kappa shape index (κ3) is 4.69. The molecule has 10 heteroatoms. The number of urea groups is 1. The van der Waals surface area contributed by atoms with Crippen molar-refractivity contribution in [3.63, 3.8) is 0 Å². The summed E-state index contributed by atoms with van der Waals surface area (Å²) in [4.78, 5) is 35.4. The summed E-state index contributed by atoms with van der Waals surface area (Å²) in [5.74, 6) is -0.659. The lowest BCUT2D eigenvalue weighted by atomic mass is 9.95. The van der Waals surface area contributed by atoms with Gasteiger partial charge in [0.15, 0.2) is 0 Å². The number of aromatic nitrogens is 2. The highest BCUT2D eigenvalue weighted by Crippen LogP contribution is 2.22. The number of rotatable bonds is 6. The van der Waals surface area contributed by atoms with Crippen LogP contribution in [0.15, 0.2) is 27.8 Å². The first-order chi connectivity index (χ1) is 13.3. The van der Waals surface area contributed by atoms with Crippen LogP contribution in [0.5, 0.6) is 0 Å². The second-order valence-electron chi connectivity index (χ2n) is 6.61. The molecule has 0 aliphatic carbocycles. The Balaban J connectivity index is 1.53. The van der Waals surface area contributed by atoms with E-state index in [1.54, 1.807) is 6.92 Å². The zero-order valence-electron chi connectivity index (χ0n) is 15.7. The number of anilines is 1. The number of benzene rings is 1. The number of carbonyl (C=O) groups excluding carboxylic acids is 3. The molecule has 2 unspecified atom stereocenters. The van der Waals surface area contributed by atoms with Gasteiger partial charge in [-0.05, 0) is 38.0 Å². The Bertz CT molecular complexity index is 913. The van der Waals surface area contributed by atoms with E-state index >= 15 is 0 Å². The van der Waals surface area contributed by atoms with Crippen molar-refractivity contribution in [2.45, 2.75) is 38.5 Å². The zero-order chi connectivity index (χ0) is 20.3. The van der Waals surface area contributed by atoms with Gasteiger partial charge >= 0.3 is 6.03 Å². The van der Waals surface area contributed by atoms with Crippen molar-refractivity contribution in [2.24, 2.45) is 5.92 Å². The van der Waals surface area contributed by atoms with Crippen molar-refractivity contribution >= 4 is 35.3 Å². The Hall–Kier alpha value is -2.88. The topological polar surface area (TPSA) is 126 Å². The molecule has 2 atom stereocenters. The van der Waals surface area contributed by atoms with Crippen LogP contribution >= 0.6 is 11.8 Å². The summed E-state index contributed by atoms with van der Waals surface area (Å²) in [7, 11) is 0. The molecule has 148 valence electrons. The summed E-state index contributed by atoms with van der Waals surface area (Å²) in [6.45, 7) is 5.68. The highest BCUT2D eigenvalue weighted by molar-refractivity contribution is 7.99. The van der Waals surface area contributed by atoms with E-state index < -0.39 is 11.9 Å². The summed E-state index contributed by atoms with van der Waals surface area (Å²) < 4.78 is 5.52. The average Bonchev–Trinajstić information content (AvgIpc) is 3.08. The molecule has 0 spiro atoms. The molecule has 1 saturated heterocycles. The van der Waals surface area contributed by atoms with Gasteiger partial charge in [0.2, 0.25) is 17.7 Å². The van der Waals surface area contributed by atoms with Crippen molar-refractivity contribution in [3.8, 4) is 0 Å². The van der Waals surface area contributed by atoms with Crippen LogP contribution in [-0.2, 0) is 16.0 Å². The quantitative estimate of drug-likeness (QED) is 0.628. The van der Waals surface area contributed by atoms with Crippen LogP contribution in [-0.4, -0.2) is 39.8 Å². The molecule has 1 aliphatic heterocycles. The first kappa shape index (κ1) is 19.9. The van der Waals surface area contributed by atoms with E-state index in [0.29, 0.717) is 0 Å². The molecule has 0 bridgehead atoms. The number of aryl methyl sites for hydroxylation is 1. The smallest absolute Gasteiger partial charge is 0.321 e. The third-order valence-corrected chi connectivity index (χ3v) is 5.40. The molecule has 4 amide bonds. The minimum Gasteiger partial charge on any atom is -0.416 e. The fourth-order valence-electron chi connectivity index (χ4n) is 2.81.